The van der Waals surface area contributed by atoms with Gasteiger partial charge in [0.15, 0.2) is 9.84 Å². The van der Waals surface area contributed by atoms with E-state index in [0.29, 0.717) is 45.1 Å². The smallest absolute Gasteiger partial charge is 0.341 e. The molecule has 0 radical (unpaired) electrons. The van der Waals surface area contributed by atoms with Crippen LogP contribution in [0.4, 0.5) is 55.4 Å². The van der Waals surface area contributed by atoms with Crippen molar-refractivity contribution in [2.45, 2.75) is 31.7 Å². The summed E-state index contributed by atoms with van der Waals surface area (Å²) in [5.41, 5.74) is -2.21. The van der Waals surface area contributed by atoms with E-state index in [1.807, 2.05) is 0 Å². The third-order valence-electron chi connectivity index (χ3n) is 7.02. The van der Waals surface area contributed by atoms with E-state index in [2.05, 4.69) is 20.3 Å². The van der Waals surface area contributed by atoms with Gasteiger partial charge in [0, 0.05) is 32.1 Å². The lowest BCUT2D eigenvalue weighted by atomic mass is 10.1. The molecule has 0 aliphatic heterocycles. The SMILES string of the molecule is CC(=O)N(c1ccc(C(F)(F)F)cc1C(F)(F)F)c1nc2ccccc2n1CN(C)c1ccnc(Nc2cccc(CS(C)(=O)=O)c2)n1. The first-order valence-electron chi connectivity index (χ1n) is 14.0. The second-order valence-electron chi connectivity index (χ2n) is 10.9. The molecule has 0 spiro atoms. The molecule has 0 saturated heterocycles. The van der Waals surface area contributed by atoms with Crippen LogP contribution in [0.2, 0.25) is 0 Å². The summed E-state index contributed by atoms with van der Waals surface area (Å²) in [7, 11) is -1.65. The van der Waals surface area contributed by atoms with Crippen LogP contribution in [0.5, 0.6) is 0 Å². The van der Waals surface area contributed by atoms with Crippen LogP contribution in [-0.4, -0.2) is 47.1 Å². The Bertz CT molecular complexity index is 2100. The molecular formula is C31H27F6N7O3S. The molecule has 0 bridgehead atoms. The average molecular weight is 692 g/mol. The summed E-state index contributed by atoms with van der Waals surface area (Å²) in [6.07, 6.45) is -7.72. The zero-order chi connectivity index (χ0) is 35.0. The van der Waals surface area contributed by atoms with E-state index >= 15 is 0 Å². The average Bonchev–Trinajstić information content (AvgIpc) is 3.33. The van der Waals surface area contributed by atoms with Gasteiger partial charge in [-0.1, -0.05) is 24.3 Å². The largest absolute Gasteiger partial charge is 0.418 e. The molecule has 2 aromatic heterocycles. The molecule has 1 amide bonds. The summed E-state index contributed by atoms with van der Waals surface area (Å²) in [5, 5.41) is 3.01. The van der Waals surface area contributed by atoms with Crippen molar-refractivity contribution in [3.05, 3.63) is 95.7 Å². The Labute approximate surface area is 270 Å². The number of rotatable bonds is 9. The molecule has 0 unspecified atom stereocenters. The van der Waals surface area contributed by atoms with E-state index < -0.39 is 44.9 Å². The normalized spacial score (nSPS) is 12.3. The van der Waals surface area contributed by atoms with Crippen molar-refractivity contribution in [2.75, 3.05) is 28.4 Å². The zero-order valence-corrected chi connectivity index (χ0v) is 26.3. The number of hydrogen-bond donors (Lipinski definition) is 1. The van der Waals surface area contributed by atoms with Crippen LogP contribution >= 0.6 is 0 Å². The van der Waals surface area contributed by atoms with Gasteiger partial charge >= 0.3 is 12.4 Å². The molecule has 10 nitrogen and oxygen atoms in total. The van der Waals surface area contributed by atoms with Gasteiger partial charge in [-0.05, 0) is 54.1 Å². The molecule has 5 aromatic rings. The van der Waals surface area contributed by atoms with Crippen molar-refractivity contribution in [1.82, 2.24) is 19.5 Å². The number of hydrogen-bond acceptors (Lipinski definition) is 8. The van der Waals surface area contributed by atoms with Crippen molar-refractivity contribution in [2.24, 2.45) is 0 Å². The number of para-hydroxylation sites is 2. The predicted molar refractivity (Wildman–Crippen MR) is 168 cm³/mol. The Hall–Kier alpha value is -5.19. The molecule has 252 valence electrons. The molecule has 17 heteroatoms. The molecule has 5 rings (SSSR count). The van der Waals surface area contributed by atoms with Crippen LogP contribution in [0.3, 0.4) is 0 Å². The van der Waals surface area contributed by atoms with E-state index in [1.54, 1.807) is 66.5 Å². The van der Waals surface area contributed by atoms with Gasteiger partial charge in [-0.2, -0.15) is 31.3 Å². The second kappa shape index (κ2) is 12.8. The second-order valence-corrected chi connectivity index (χ2v) is 13.0. The highest BCUT2D eigenvalue weighted by molar-refractivity contribution is 7.89. The molecular weight excluding hydrogens is 664 g/mol. The molecule has 48 heavy (non-hydrogen) atoms. The predicted octanol–water partition coefficient (Wildman–Crippen LogP) is 6.93. The van der Waals surface area contributed by atoms with Gasteiger partial charge < -0.3 is 10.2 Å². The minimum absolute atomic E-state index is 0.0311. The Morgan fingerprint density at radius 1 is 0.917 bits per heavy atom. The number of imidazole rings is 1. The number of nitrogens with zero attached hydrogens (tertiary/aromatic N) is 6. The van der Waals surface area contributed by atoms with Crippen molar-refractivity contribution in [1.29, 1.82) is 0 Å². The number of benzene rings is 3. The number of fused-ring (bicyclic) bond motifs is 1. The van der Waals surface area contributed by atoms with E-state index in [-0.39, 0.29) is 30.4 Å². The van der Waals surface area contributed by atoms with Gasteiger partial charge in [-0.25, -0.2) is 23.3 Å². The van der Waals surface area contributed by atoms with Crippen LogP contribution in [0.25, 0.3) is 11.0 Å². The highest BCUT2D eigenvalue weighted by Gasteiger charge is 2.41. The molecule has 0 fully saturated rings. The first-order valence-corrected chi connectivity index (χ1v) is 16.1. The van der Waals surface area contributed by atoms with Crippen molar-refractivity contribution < 1.29 is 39.6 Å². The Morgan fingerprint density at radius 3 is 2.31 bits per heavy atom. The van der Waals surface area contributed by atoms with Crippen molar-refractivity contribution in [3.8, 4) is 0 Å². The zero-order valence-electron chi connectivity index (χ0n) is 25.5. The van der Waals surface area contributed by atoms with Gasteiger partial charge in [0.1, 0.15) is 5.82 Å². The number of anilines is 5. The Kier molecular flexibility index (Phi) is 9.09. The number of amides is 1. The molecule has 0 aliphatic carbocycles. The lowest BCUT2D eigenvalue weighted by Crippen LogP contribution is -2.31. The van der Waals surface area contributed by atoms with Gasteiger partial charge in [0.25, 0.3) is 0 Å². The van der Waals surface area contributed by atoms with Crippen LogP contribution in [-0.2, 0) is 39.4 Å². The molecule has 0 aliphatic rings. The van der Waals surface area contributed by atoms with Crippen molar-refractivity contribution >= 4 is 55.9 Å². The quantitative estimate of drug-likeness (QED) is 0.166. The fourth-order valence-electron chi connectivity index (χ4n) is 5.00. The molecule has 2 heterocycles. The third kappa shape index (κ3) is 7.67. The number of carbonyl (C=O) groups excluding carboxylic acids is 1. The lowest BCUT2D eigenvalue weighted by Gasteiger charge is -2.27. The van der Waals surface area contributed by atoms with Crippen LogP contribution in [0, 0.1) is 0 Å². The van der Waals surface area contributed by atoms with Gasteiger partial charge in [0.05, 0.1) is 40.3 Å². The topological polar surface area (TPSA) is 113 Å². The molecule has 3 aromatic carbocycles. The molecule has 1 N–H and O–H groups in total. The van der Waals surface area contributed by atoms with E-state index in [4.69, 9.17) is 0 Å². The minimum atomic E-state index is -5.24. The maximum atomic E-state index is 14.2. The molecule has 0 saturated carbocycles. The molecule has 0 atom stereocenters. The standard InChI is InChI=1S/C31H27F6N7O3S/c1-19(45)44(25-12-11-21(30(32,33)34)16-23(25)31(35,36)37)29-40-24-9-4-5-10-26(24)43(29)18-42(2)27-13-14-38-28(41-27)39-22-8-6-7-20(15-22)17-48(3,46)47/h4-16H,17-18H2,1-3H3,(H,38,39,41). The lowest BCUT2D eigenvalue weighted by molar-refractivity contribution is -0.142. The maximum absolute atomic E-state index is 14.2. The number of alkyl halides is 6. The first-order chi connectivity index (χ1) is 22.4. The van der Waals surface area contributed by atoms with Crippen molar-refractivity contribution in [3.63, 3.8) is 0 Å². The number of nitrogens with one attached hydrogen (secondary N) is 1. The summed E-state index contributed by atoms with van der Waals surface area (Å²) in [5.74, 6) is -0.872. The summed E-state index contributed by atoms with van der Waals surface area (Å²) < 4.78 is 108. The number of carbonyl (C=O) groups is 1. The van der Waals surface area contributed by atoms with Crippen LogP contribution in [0.15, 0.2) is 79.0 Å². The van der Waals surface area contributed by atoms with Gasteiger partial charge in [-0.3, -0.25) is 9.36 Å². The van der Waals surface area contributed by atoms with E-state index in [0.717, 1.165) is 13.2 Å². The monoisotopic (exact) mass is 691 g/mol. The summed E-state index contributed by atoms with van der Waals surface area (Å²) in [6, 6.07) is 15.8. The highest BCUT2D eigenvalue weighted by atomic mass is 32.2. The van der Waals surface area contributed by atoms with Gasteiger partial charge in [0.2, 0.25) is 17.8 Å². The number of halogens is 6. The third-order valence-corrected chi connectivity index (χ3v) is 7.87. The minimum Gasteiger partial charge on any atom is -0.341 e. The fourth-order valence-corrected chi connectivity index (χ4v) is 5.79. The van der Waals surface area contributed by atoms with Crippen LogP contribution in [0.1, 0.15) is 23.6 Å². The summed E-state index contributed by atoms with van der Waals surface area (Å²) >= 11 is 0. The fraction of sp³-hybridized carbons (Fsp3) is 0.226. The first kappa shape index (κ1) is 34.2. The summed E-state index contributed by atoms with van der Waals surface area (Å²) in [6.45, 7) is 0.862. The number of sulfone groups is 1. The van der Waals surface area contributed by atoms with Crippen LogP contribution < -0.4 is 15.1 Å². The summed E-state index contributed by atoms with van der Waals surface area (Å²) in [4.78, 5) is 28.4. The Balaban J connectivity index is 1.53. The van der Waals surface area contributed by atoms with Gasteiger partial charge in [-0.15, -0.1) is 0 Å². The van der Waals surface area contributed by atoms with E-state index in [1.165, 1.54) is 10.8 Å². The highest BCUT2D eigenvalue weighted by Crippen LogP contribution is 2.43. The number of aromatic nitrogens is 4. The van der Waals surface area contributed by atoms with E-state index in [9.17, 15) is 39.6 Å². The maximum Gasteiger partial charge on any atom is 0.418 e. The Morgan fingerprint density at radius 2 is 1.65 bits per heavy atom.